The molecule has 2 aromatic carbocycles. The topological polar surface area (TPSA) is 92.8 Å². The Morgan fingerprint density at radius 1 is 1.12 bits per heavy atom. The van der Waals surface area contributed by atoms with E-state index in [2.05, 4.69) is 5.32 Å². The molecule has 0 spiro atoms. The maximum atomic E-state index is 12.6. The van der Waals surface area contributed by atoms with Crippen molar-refractivity contribution >= 4 is 27.5 Å². The molecule has 0 saturated carbocycles. The van der Waals surface area contributed by atoms with Gasteiger partial charge in [-0.1, -0.05) is 12.1 Å². The third kappa shape index (κ3) is 2.85. The summed E-state index contributed by atoms with van der Waals surface area (Å²) in [4.78, 5) is 24.8. The first kappa shape index (κ1) is 17.0. The second-order valence-corrected chi connectivity index (χ2v) is 7.28. The zero-order valence-corrected chi connectivity index (χ0v) is 14.4. The van der Waals surface area contributed by atoms with Crippen LogP contribution in [0.3, 0.4) is 0 Å². The van der Waals surface area contributed by atoms with E-state index in [-0.39, 0.29) is 10.5 Å². The van der Waals surface area contributed by atoms with Crippen LogP contribution in [0.4, 0.5) is 5.69 Å². The molecule has 25 heavy (non-hydrogen) atoms. The van der Waals surface area contributed by atoms with Crippen LogP contribution in [0, 0.1) is 0 Å². The van der Waals surface area contributed by atoms with Crippen molar-refractivity contribution in [2.75, 3.05) is 12.4 Å². The molecule has 0 bridgehead atoms. The van der Waals surface area contributed by atoms with Crippen molar-refractivity contribution in [2.45, 2.75) is 17.9 Å². The number of hydrogen-bond acceptors (Lipinski definition) is 5. The van der Waals surface area contributed by atoms with E-state index in [0.29, 0.717) is 15.7 Å². The van der Waals surface area contributed by atoms with Gasteiger partial charge in [0, 0.05) is 5.69 Å². The fraction of sp³-hybridized carbons (Fsp3) is 0.176. The lowest BCUT2D eigenvalue weighted by Crippen LogP contribution is -2.45. The molecule has 1 heterocycles. The first-order valence-corrected chi connectivity index (χ1v) is 8.93. The average molecular weight is 360 g/mol. The number of fused-ring (bicyclic) bond motifs is 1. The lowest BCUT2D eigenvalue weighted by molar-refractivity contribution is -0.118. The number of carbonyl (C=O) groups excluding carboxylic acids is 2. The molecule has 1 atom stereocenters. The quantitative estimate of drug-likeness (QED) is 0.898. The third-order valence-corrected chi connectivity index (χ3v) is 5.86. The van der Waals surface area contributed by atoms with Crippen LogP contribution in [-0.4, -0.2) is 37.7 Å². The second kappa shape index (κ2) is 6.21. The van der Waals surface area contributed by atoms with Crippen LogP contribution < -0.4 is 10.1 Å². The highest BCUT2D eigenvalue weighted by Gasteiger charge is 2.45. The number of rotatable bonds is 4. The molecule has 0 unspecified atom stereocenters. The van der Waals surface area contributed by atoms with Crippen LogP contribution in [0.25, 0.3) is 0 Å². The van der Waals surface area contributed by atoms with Gasteiger partial charge in [-0.25, -0.2) is 12.7 Å². The smallest absolute Gasteiger partial charge is 0.269 e. The molecule has 3 rings (SSSR count). The third-order valence-electron chi connectivity index (χ3n) is 3.94. The molecule has 0 radical (unpaired) electrons. The van der Waals surface area contributed by atoms with Crippen LogP contribution in [0.1, 0.15) is 17.3 Å². The van der Waals surface area contributed by atoms with Gasteiger partial charge in [0.25, 0.3) is 15.9 Å². The number of benzene rings is 2. The van der Waals surface area contributed by atoms with E-state index >= 15 is 0 Å². The summed E-state index contributed by atoms with van der Waals surface area (Å²) in [7, 11) is -2.51. The first-order chi connectivity index (χ1) is 11.9. The SMILES string of the molecule is COc1ccc(NC(=O)[C@H](C)N2C(=O)c3ccccc3S2(=O)=O)cc1. The monoisotopic (exact) mass is 360 g/mol. The van der Waals surface area contributed by atoms with Crippen molar-refractivity contribution in [2.24, 2.45) is 0 Å². The Kier molecular flexibility index (Phi) is 4.22. The summed E-state index contributed by atoms with van der Waals surface area (Å²) in [6.07, 6.45) is 0. The maximum absolute atomic E-state index is 12.6. The first-order valence-electron chi connectivity index (χ1n) is 7.49. The van der Waals surface area contributed by atoms with Gasteiger partial charge in [-0.15, -0.1) is 0 Å². The Morgan fingerprint density at radius 3 is 2.36 bits per heavy atom. The van der Waals surface area contributed by atoms with Crippen LogP contribution in [0.5, 0.6) is 5.75 Å². The minimum Gasteiger partial charge on any atom is -0.497 e. The molecule has 8 heteroatoms. The number of carbonyl (C=O) groups is 2. The van der Waals surface area contributed by atoms with Crippen molar-refractivity contribution in [3.63, 3.8) is 0 Å². The van der Waals surface area contributed by atoms with Crippen LogP contribution in [0.15, 0.2) is 53.4 Å². The van der Waals surface area contributed by atoms with E-state index in [1.807, 2.05) is 0 Å². The minimum absolute atomic E-state index is 0.0756. The van der Waals surface area contributed by atoms with Crippen molar-refractivity contribution in [1.82, 2.24) is 4.31 Å². The van der Waals surface area contributed by atoms with Gasteiger partial charge >= 0.3 is 0 Å². The zero-order valence-electron chi connectivity index (χ0n) is 13.6. The molecule has 1 aliphatic rings. The summed E-state index contributed by atoms with van der Waals surface area (Å²) >= 11 is 0. The van der Waals surface area contributed by atoms with E-state index in [1.54, 1.807) is 30.3 Å². The highest BCUT2D eigenvalue weighted by Crippen LogP contribution is 2.31. The second-order valence-electron chi connectivity index (χ2n) is 5.50. The van der Waals surface area contributed by atoms with Crippen molar-refractivity contribution < 1.29 is 22.7 Å². The Labute approximate surface area is 145 Å². The molecular weight excluding hydrogens is 344 g/mol. The van der Waals surface area contributed by atoms with E-state index in [4.69, 9.17) is 4.74 Å². The molecule has 1 N–H and O–H groups in total. The molecule has 7 nitrogen and oxygen atoms in total. The summed E-state index contributed by atoms with van der Waals surface area (Å²) < 4.78 is 30.8. The lowest BCUT2D eigenvalue weighted by Gasteiger charge is -2.22. The predicted octanol–water partition coefficient (Wildman–Crippen LogP) is 1.87. The molecule has 2 amide bonds. The standard InChI is InChI=1S/C17H16N2O5S/c1-11(16(20)18-12-7-9-13(24-2)10-8-12)19-17(21)14-5-3-4-6-15(14)25(19,22)23/h3-11H,1-2H3,(H,18,20)/t11-/m0/s1. The van der Waals surface area contributed by atoms with Crippen molar-refractivity contribution in [1.29, 1.82) is 0 Å². The van der Waals surface area contributed by atoms with E-state index < -0.39 is 27.9 Å². The van der Waals surface area contributed by atoms with Gasteiger partial charge in [-0.2, -0.15) is 0 Å². The molecule has 1 aliphatic heterocycles. The number of sulfonamides is 1. The fourth-order valence-corrected chi connectivity index (χ4v) is 4.34. The molecule has 0 aromatic heterocycles. The van der Waals surface area contributed by atoms with Gasteiger partial charge in [-0.3, -0.25) is 9.59 Å². The Morgan fingerprint density at radius 2 is 1.76 bits per heavy atom. The number of anilines is 1. The van der Waals surface area contributed by atoms with Gasteiger partial charge in [0.1, 0.15) is 16.7 Å². The van der Waals surface area contributed by atoms with E-state index in [0.717, 1.165) is 0 Å². The normalized spacial score (nSPS) is 16.2. The largest absolute Gasteiger partial charge is 0.497 e. The van der Waals surface area contributed by atoms with Gasteiger partial charge in [0.2, 0.25) is 5.91 Å². The molecular formula is C17H16N2O5S. The van der Waals surface area contributed by atoms with Gasteiger partial charge < -0.3 is 10.1 Å². The van der Waals surface area contributed by atoms with E-state index in [1.165, 1.54) is 32.2 Å². The highest BCUT2D eigenvalue weighted by molar-refractivity contribution is 7.90. The summed E-state index contributed by atoms with van der Waals surface area (Å²) in [6.45, 7) is 1.38. The van der Waals surface area contributed by atoms with Crippen molar-refractivity contribution in [3.05, 3.63) is 54.1 Å². The fourth-order valence-electron chi connectivity index (χ4n) is 2.61. The molecule has 0 aliphatic carbocycles. The van der Waals surface area contributed by atoms with E-state index in [9.17, 15) is 18.0 Å². The number of nitrogens with one attached hydrogen (secondary N) is 1. The van der Waals surface area contributed by atoms with Crippen LogP contribution in [0.2, 0.25) is 0 Å². The van der Waals surface area contributed by atoms with Gasteiger partial charge in [0.15, 0.2) is 0 Å². The Balaban J connectivity index is 1.84. The zero-order chi connectivity index (χ0) is 18.2. The number of amides is 2. The van der Waals surface area contributed by atoms with Crippen LogP contribution in [-0.2, 0) is 14.8 Å². The number of hydrogen-bond donors (Lipinski definition) is 1. The molecule has 130 valence electrons. The summed E-state index contributed by atoms with van der Waals surface area (Å²) in [6, 6.07) is 11.3. The number of ether oxygens (including phenoxy) is 1. The summed E-state index contributed by atoms with van der Waals surface area (Å²) in [5, 5.41) is 2.60. The van der Waals surface area contributed by atoms with Crippen molar-refractivity contribution in [3.8, 4) is 5.75 Å². The van der Waals surface area contributed by atoms with Gasteiger partial charge in [-0.05, 0) is 43.3 Å². The molecule has 2 aromatic rings. The number of nitrogens with zero attached hydrogens (tertiary/aromatic N) is 1. The Hall–Kier alpha value is -2.87. The molecule has 0 fully saturated rings. The lowest BCUT2D eigenvalue weighted by atomic mass is 10.2. The average Bonchev–Trinajstić information content (AvgIpc) is 2.81. The highest BCUT2D eigenvalue weighted by atomic mass is 32.2. The predicted molar refractivity (Wildman–Crippen MR) is 90.9 cm³/mol. The van der Waals surface area contributed by atoms with Gasteiger partial charge in [0.05, 0.1) is 12.7 Å². The van der Waals surface area contributed by atoms with Crippen LogP contribution >= 0.6 is 0 Å². The summed E-state index contributed by atoms with van der Waals surface area (Å²) in [5.41, 5.74) is 0.547. The molecule has 0 saturated heterocycles. The minimum atomic E-state index is -4.04. The summed E-state index contributed by atoms with van der Waals surface area (Å²) in [5.74, 6) is -0.679. The maximum Gasteiger partial charge on any atom is 0.269 e. The Bertz CT molecular complexity index is 938. The number of methoxy groups -OCH3 is 1.